The van der Waals surface area contributed by atoms with Gasteiger partial charge in [0, 0.05) is 49.7 Å². The van der Waals surface area contributed by atoms with E-state index in [1.165, 1.54) is 5.56 Å². The molecule has 39 heavy (non-hydrogen) atoms. The first-order valence-electron chi connectivity index (χ1n) is 13.7. The van der Waals surface area contributed by atoms with E-state index in [2.05, 4.69) is 26.1 Å². The number of likely N-dealkylation sites (N-methyl/N-ethyl adjacent to an activating group) is 1. The number of likely N-dealkylation sites (tertiary alicyclic amines) is 1. The molecule has 2 amide bonds. The summed E-state index contributed by atoms with van der Waals surface area (Å²) in [7, 11) is 1.88. The van der Waals surface area contributed by atoms with Crippen molar-refractivity contribution in [1.82, 2.24) is 9.80 Å². The Bertz CT molecular complexity index is 1250. The Morgan fingerprint density at radius 3 is 2.31 bits per heavy atom. The normalized spacial score (nSPS) is 20.4. The zero-order valence-electron chi connectivity index (χ0n) is 22.4. The summed E-state index contributed by atoms with van der Waals surface area (Å²) in [5.41, 5.74) is 4.75. The molecule has 3 aromatic carbocycles. The number of nitrogens with one attached hydrogen (secondary N) is 1. The summed E-state index contributed by atoms with van der Waals surface area (Å²) in [6.45, 7) is 3.54. The van der Waals surface area contributed by atoms with Crippen LogP contribution >= 0.6 is 15.9 Å². The molecule has 0 radical (unpaired) electrons. The van der Waals surface area contributed by atoms with E-state index in [1.807, 2.05) is 90.8 Å². The van der Waals surface area contributed by atoms with Crippen molar-refractivity contribution < 1.29 is 14.3 Å². The summed E-state index contributed by atoms with van der Waals surface area (Å²) >= 11 is 3.46. The van der Waals surface area contributed by atoms with Crippen molar-refractivity contribution in [2.45, 2.75) is 25.4 Å². The Balaban J connectivity index is 1.06. The number of alkyl halides is 1. The largest absolute Gasteiger partial charge is 0.446 e. The van der Waals surface area contributed by atoms with Crippen molar-refractivity contribution in [2.24, 2.45) is 11.8 Å². The first-order chi connectivity index (χ1) is 19.0. The predicted octanol–water partition coefficient (Wildman–Crippen LogP) is 6.32. The highest BCUT2D eigenvalue weighted by Crippen LogP contribution is 2.39. The molecule has 7 heteroatoms. The van der Waals surface area contributed by atoms with E-state index in [1.54, 1.807) is 0 Å². The number of fused-ring (bicyclic) bond motifs is 1. The maximum Gasteiger partial charge on any atom is 0.411 e. The average molecular weight is 591 g/mol. The summed E-state index contributed by atoms with van der Waals surface area (Å²) in [5, 5.41) is 3.88. The fraction of sp³-hybridized carbons (Fsp3) is 0.375. The molecule has 1 saturated carbocycles. The highest BCUT2D eigenvalue weighted by molar-refractivity contribution is 9.09. The van der Waals surface area contributed by atoms with E-state index in [0.29, 0.717) is 18.4 Å². The van der Waals surface area contributed by atoms with Crippen LogP contribution in [0.15, 0.2) is 78.9 Å². The fourth-order valence-electron chi connectivity index (χ4n) is 5.91. The van der Waals surface area contributed by atoms with Crippen LogP contribution in [0.2, 0.25) is 0 Å². The molecular formula is C32H36BrN3O3. The molecule has 0 spiro atoms. The molecule has 1 heterocycles. The zero-order chi connectivity index (χ0) is 27.2. The van der Waals surface area contributed by atoms with Crippen LogP contribution < -0.4 is 5.32 Å². The highest BCUT2D eigenvalue weighted by atomic mass is 79.9. The zero-order valence-corrected chi connectivity index (χ0v) is 24.0. The lowest BCUT2D eigenvalue weighted by molar-refractivity contribution is 0.0778. The minimum Gasteiger partial charge on any atom is -0.446 e. The number of halogens is 1. The summed E-state index contributed by atoms with van der Waals surface area (Å²) in [6.07, 6.45) is 2.30. The third-order valence-corrected chi connectivity index (χ3v) is 8.38. The van der Waals surface area contributed by atoms with Crippen molar-refractivity contribution in [2.75, 3.05) is 43.9 Å². The van der Waals surface area contributed by atoms with Gasteiger partial charge in [0.15, 0.2) is 0 Å². The van der Waals surface area contributed by atoms with Crippen LogP contribution in [0.25, 0.3) is 11.1 Å². The van der Waals surface area contributed by atoms with Crippen LogP contribution in [0.1, 0.15) is 28.8 Å². The third kappa shape index (κ3) is 6.89. The Morgan fingerprint density at radius 2 is 1.62 bits per heavy atom. The lowest BCUT2D eigenvalue weighted by atomic mass is 10.0. The molecule has 1 N–H and O–H groups in total. The number of carbonyl (C=O) groups excluding carboxylic acids is 2. The second-order valence-corrected chi connectivity index (χ2v) is 11.5. The van der Waals surface area contributed by atoms with Gasteiger partial charge in [0.05, 0.1) is 5.69 Å². The Labute approximate surface area is 239 Å². The minimum absolute atomic E-state index is 0.0530. The Hall–Kier alpha value is -3.16. The van der Waals surface area contributed by atoms with Crippen molar-refractivity contribution in [3.05, 3.63) is 90.0 Å². The standard InChI is InChI=1S/C32H36BrN3O3/c1-35(31(37)25-13-11-23(12-14-25)15-16-33)17-18-36-21-26-19-28(20-27(26)22-36)39-32(38)34-30-10-6-5-9-29(30)24-7-3-2-4-8-24/h2-14,26-28H,15-22H2,1H3,(H,34,38)/t26-,27+,28-. The number of amides is 2. The van der Waals surface area contributed by atoms with Gasteiger partial charge in [0.1, 0.15) is 6.10 Å². The van der Waals surface area contributed by atoms with Gasteiger partial charge in [-0.15, -0.1) is 0 Å². The maximum atomic E-state index is 12.8. The van der Waals surface area contributed by atoms with Crippen LogP contribution in [-0.4, -0.2) is 66.5 Å². The van der Waals surface area contributed by atoms with E-state index in [9.17, 15) is 9.59 Å². The molecular weight excluding hydrogens is 554 g/mol. The van der Waals surface area contributed by atoms with Gasteiger partial charge < -0.3 is 14.5 Å². The number of ether oxygens (including phenoxy) is 1. The average Bonchev–Trinajstić information content (AvgIpc) is 3.51. The molecule has 0 aromatic heterocycles. The van der Waals surface area contributed by atoms with Gasteiger partial charge >= 0.3 is 6.09 Å². The molecule has 5 rings (SSSR count). The second kappa shape index (κ2) is 12.8. The molecule has 3 atom stereocenters. The number of carbonyl (C=O) groups is 2. The minimum atomic E-state index is -0.388. The molecule has 204 valence electrons. The van der Waals surface area contributed by atoms with Crippen molar-refractivity contribution in [3.63, 3.8) is 0 Å². The SMILES string of the molecule is CN(CCN1C[C@H]2C[C@@H](OC(=O)Nc3ccccc3-c3ccccc3)C[C@H]2C1)C(=O)c1ccc(CCBr)cc1. The summed E-state index contributed by atoms with van der Waals surface area (Å²) in [5.74, 6) is 1.12. The lowest BCUT2D eigenvalue weighted by Gasteiger charge is -2.23. The van der Waals surface area contributed by atoms with Crippen LogP contribution in [0.4, 0.5) is 10.5 Å². The number of anilines is 1. The number of hydrogen-bond acceptors (Lipinski definition) is 4. The molecule has 3 aromatic rings. The number of para-hydroxylation sites is 1. The molecule has 1 saturated heterocycles. The molecule has 2 fully saturated rings. The first-order valence-corrected chi connectivity index (χ1v) is 14.9. The molecule has 6 nitrogen and oxygen atoms in total. The Morgan fingerprint density at radius 1 is 0.949 bits per heavy atom. The summed E-state index contributed by atoms with van der Waals surface area (Å²) in [4.78, 5) is 29.9. The maximum absolute atomic E-state index is 12.8. The van der Waals surface area contributed by atoms with Crippen LogP contribution in [-0.2, 0) is 11.2 Å². The van der Waals surface area contributed by atoms with Gasteiger partial charge in [-0.3, -0.25) is 10.1 Å². The van der Waals surface area contributed by atoms with Crippen LogP contribution in [0, 0.1) is 11.8 Å². The van der Waals surface area contributed by atoms with Crippen LogP contribution in [0.5, 0.6) is 0 Å². The quantitative estimate of drug-likeness (QED) is 0.297. The van der Waals surface area contributed by atoms with E-state index >= 15 is 0 Å². The van der Waals surface area contributed by atoms with Crippen LogP contribution in [0.3, 0.4) is 0 Å². The van der Waals surface area contributed by atoms with Gasteiger partial charge in [-0.25, -0.2) is 4.79 Å². The van der Waals surface area contributed by atoms with Gasteiger partial charge in [-0.1, -0.05) is 76.6 Å². The number of nitrogens with zero attached hydrogens (tertiary/aromatic N) is 2. The molecule has 2 aliphatic rings. The summed E-state index contributed by atoms with van der Waals surface area (Å²) < 4.78 is 5.86. The van der Waals surface area contributed by atoms with E-state index < -0.39 is 0 Å². The first kappa shape index (κ1) is 27.4. The highest BCUT2D eigenvalue weighted by Gasteiger charge is 2.42. The molecule has 0 unspecified atom stereocenters. The molecule has 0 bridgehead atoms. The monoisotopic (exact) mass is 589 g/mol. The molecule has 1 aliphatic carbocycles. The van der Waals surface area contributed by atoms with Gasteiger partial charge in [-0.05, 0) is 60.4 Å². The topological polar surface area (TPSA) is 61.9 Å². The van der Waals surface area contributed by atoms with Gasteiger partial charge in [0.25, 0.3) is 5.91 Å². The van der Waals surface area contributed by atoms with Crippen molar-refractivity contribution in [1.29, 1.82) is 0 Å². The van der Waals surface area contributed by atoms with E-state index in [0.717, 1.165) is 66.6 Å². The summed E-state index contributed by atoms with van der Waals surface area (Å²) in [6, 6.07) is 25.8. The smallest absolute Gasteiger partial charge is 0.411 e. The third-order valence-electron chi connectivity index (χ3n) is 7.99. The number of rotatable bonds is 9. The fourth-order valence-corrected chi connectivity index (χ4v) is 6.37. The lowest BCUT2D eigenvalue weighted by Crippen LogP contribution is -2.36. The van der Waals surface area contributed by atoms with Crippen molar-refractivity contribution >= 4 is 33.6 Å². The van der Waals surface area contributed by atoms with Crippen molar-refractivity contribution in [3.8, 4) is 11.1 Å². The Kier molecular flexibility index (Phi) is 8.99. The van der Waals surface area contributed by atoms with E-state index in [4.69, 9.17) is 4.74 Å². The number of hydrogen-bond donors (Lipinski definition) is 1. The second-order valence-electron chi connectivity index (χ2n) is 10.7. The van der Waals surface area contributed by atoms with E-state index in [-0.39, 0.29) is 18.1 Å². The predicted molar refractivity (Wildman–Crippen MR) is 159 cm³/mol. The number of benzene rings is 3. The molecule has 1 aliphatic heterocycles. The van der Waals surface area contributed by atoms with Gasteiger partial charge in [-0.2, -0.15) is 0 Å². The van der Waals surface area contributed by atoms with Gasteiger partial charge in [0.2, 0.25) is 0 Å². The number of aryl methyl sites for hydroxylation is 1.